The van der Waals surface area contributed by atoms with Gasteiger partial charge in [-0.15, -0.1) is 0 Å². The van der Waals surface area contributed by atoms with Crippen molar-refractivity contribution in [2.75, 3.05) is 10.8 Å². The number of nitrogens with zero attached hydrogens (tertiary/aromatic N) is 2. The molecule has 0 saturated heterocycles. The lowest BCUT2D eigenvalue weighted by molar-refractivity contribution is -0.140. The number of aryl methyl sites for hydroxylation is 2. The number of anilines is 1. The number of rotatable bonds is 12. The molecule has 42 heavy (non-hydrogen) atoms. The number of carbonyl (C=O) groups excluding carboxylic acids is 2. The number of nitrogens with one attached hydrogen (secondary N) is 1. The first-order valence-corrected chi connectivity index (χ1v) is 16.2. The summed E-state index contributed by atoms with van der Waals surface area (Å²) in [6.45, 7) is 10.8. The van der Waals surface area contributed by atoms with E-state index in [-0.39, 0.29) is 23.4 Å². The van der Waals surface area contributed by atoms with Gasteiger partial charge in [0.05, 0.1) is 20.6 Å². The Kier molecular flexibility index (Phi) is 11.5. The van der Waals surface area contributed by atoms with E-state index in [0.717, 1.165) is 27.4 Å². The van der Waals surface area contributed by atoms with E-state index in [0.29, 0.717) is 27.7 Å². The number of hydrogen-bond acceptors (Lipinski definition) is 4. The van der Waals surface area contributed by atoms with Crippen LogP contribution in [0.2, 0.25) is 10.0 Å². The summed E-state index contributed by atoms with van der Waals surface area (Å²) in [7, 11) is -4.15. The van der Waals surface area contributed by atoms with Gasteiger partial charge in [0.2, 0.25) is 11.8 Å². The molecule has 0 heterocycles. The molecule has 2 atom stereocenters. The van der Waals surface area contributed by atoms with Gasteiger partial charge in [-0.1, -0.05) is 72.9 Å². The van der Waals surface area contributed by atoms with Crippen LogP contribution in [0.4, 0.5) is 5.69 Å². The van der Waals surface area contributed by atoms with Crippen LogP contribution in [-0.2, 0) is 26.2 Å². The average molecular weight is 633 g/mol. The van der Waals surface area contributed by atoms with E-state index in [4.69, 9.17) is 23.2 Å². The Hall–Kier alpha value is -3.07. The molecule has 0 saturated carbocycles. The molecule has 0 aliphatic carbocycles. The Labute approximate surface area is 259 Å². The Morgan fingerprint density at radius 2 is 1.57 bits per heavy atom. The quantitative estimate of drug-likeness (QED) is 0.237. The van der Waals surface area contributed by atoms with E-state index in [2.05, 4.69) is 5.32 Å². The van der Waals surface area contributed by atoms with Crippen molar-refractivity contribution in [2.45, 2.75) is 77.9 Å². The van der Waals surface area contributed by atoms with E-state index >= 15 is 0 Å². The summed E-state index contributed by atoms with van der Waals surface area (Å²) in [4.78, 5) is 29.2. The third-order valence-corrected chi connectivity index (χ3v) is 9.97. The summed E-state index contributed by atoms with van der Waals surface area (Å²) in [5.74, 6) is -0.830. The van der Waals surface area contributed by atoms with Crippen molar-refractivity contribution >= 4 is 50.7 Å². The summed E-state index contributed by atoms with van der Waals surface area (Å²) in [6.07, 6.45) is 1.04. The van der Waals surface area contributed by atoms with Gasteiger partial charge in [-0.3, -0.25) is 13.9 Å². The molecule has 7 nitrogen and oxygen atoms in total. The lowest BCUT2D eigenvalue weighted by Gasteiger charge is -2.34. The number of halogens is 2. The highest BCUT2D eigenvalue weighted by atomic mass is 35.5. The fraction of sp³-hybridized carbons (Fsp3) is 0.375. The summed E-state index contributed by atoms with van der Waals surface area (Å²) < 4.78 is 29.4. The summed E-state index contributed by atoms with van der Waals surface area (Å²) in [6, 6.07) is 15.9. The minimum atomic E-state index is -4.15. The van der Waals surface area contributed by atoms with Crippen LogP contribution in [0.5, 0.6) is 0 Å². The number of benzene rings is 3. The molecule has 0 aliphatic rings. The fourth-order valence-corrected chi connectivity index (χ4v) is 6.34. The first-order chi connectivity index (χ1) is 19.8. The van der Waals surface area contributed by atoms with E-state index in [1.165, 1.54) is 17.0 Å². The lowest BCUT2D eigenvalue weighted by Crippen LogP contribution is -2.53. The predicted octanol–water partition coefficient (Wildman–Crippen LogP) is 6.84. The fourth-order valence-electron chi connectivity index (χ4n) is 4.55. The van der Waals surface area contributed by atoms with Crippen LogP contribution in [0.3, 0.4) is 0 Å². The standard InChI is InChI=1S/C32H39Cl2N3O4S/c1-7-23(5)35-32(39)29(8-2)36(19-25-14-17-27(33)28(34)18-25)31(38)20-37(30-11-9-10-22(4)24(30)6)42(40,41)26-15-12-21(3)13-16-26/h9-18,23,29H,7-8,19-20H2,1-6H3,(H,35,39)/t23-,29+/m0/s1. The zero-order valence-electron chi connectivity index (χ0n) is 24.9. The Morgan fingerprint density at radius 3 is 2.17 bits per heavy atom. The molecule has 0 fully saturated rings. The summed E-state index contributed by atoms with van der Waals surface area (Å²) in [5, 5.41) is 3.66. The van der Waals surface area contributed by atoms with Gasteiger partial charge in [0.25, 0.3) is 10.0 Å². The number of amides is 2. The van der Waals surface area contributed by atoms with Crippen molar-refractivity contribution in [2.24, 2.45) is 0 Å². The largest absolute Gasteiger partial charge is 0.352 e. The first-order valence-electron chi connectivity index (χ1n) is 14.0. The third-order valence-electron chi connectivity index (χ3n) is 7.46. The van der Waals surface area contributed by atoms with Crippen LogP contribution >= 0.6 is 23.2 Å². The average Bonchev–Trinajstić information content (AvgIpc) is 2.95. The second kappa shape index (κ2) is 14.4. The second-order valence-corrected chi connectivity index (χ2v) is 13.2. The molecular weight excluding hydrogens is 593 g/mol. The van der Waals surface area contributed by atoms with E-state index in [1.807, 2.05) is 47.6 Å². The van der Waals surface area contributed by atoms with E-state index in [9.17, 15) is 18.0 Å². The molecule has 0 spiro atoms. The summed E-state index contributed by atoms with van der Waals surface area (Å²) in [5.41, 5.74) is 3.59. The molecule has 2 amide bonds. The van der Waals surface area contributed by atoms with Gasteiger partial charge in [0.1, 0.15) is 12.6 Å². The minimum absolute atomic E-state index is 0.0351. The van der Waals surface area contributed by atoms with Crippen molar-refractivity contribution in [1.82, 2.24) is 10.2 Å². The smallest absolute Gasteiger partial charge is 0.264 e. The van der Waals surface area contributed by atoms with E-state index in [1.54, 1.807) is 42.5 Å². The van der Waals surface area contributed by atoms with Crippen molar-refractivity contribution in [3.05, 3.63) is 93.0 Å². The third kappa shape index (κ3) is 7.85. The van der Waals surface area contributed by atoms with Gasteiger partial charge in [-0.05, 0) is 87.6 Å². The second-order valence-electron chi connectivity index (χ2n) is 10.6. The number of sulfonamides is 1. The van der Waals surface area contributed by atoms with Gasteiger partial charge >= 0.3 is 0 Å². The van der Waals surface area contributed by atoms with Gasteiger partial charge in [0.15, 0.2) is 0 Å². The molecule has 0 unspecified atom stereocenters. The molecule has 10 heteroatoms. The minimum Gasteiger partial charge on any atom is -0.352 e. The van der Waals surface area contributed by atoms with Crippen molar-refractivity contribution in [3.8, 4) is 0 Å². The predicted molar refractivity (Wildman–Crippen MR) is 171 cm³/mol. The molecule has 1 N–H and O–H groups in total. The maximum atomic E-state index is 14.3. The molecule has 3 aromatic carbocycles. The van der Waals surface area contributed by atoms with Crippen LogP contribution in [0.25, 0.3) is 0 Å². The van der Waals surface area contributed by atoms with Gasteiger partial charge in [-0.25, -0.2) is 8.42 Å². The van der Waals surface area contributed by atoms with Crippen LogP contribution in [0.1, 0.15) is 55.9 Å². The maximum absolute atomic E-state index is 14.3. The number of hydrogen-bond donors (Lipinski definition) is 1. The molecule has 0 aromatic heterocycles. The Morgan fingerprint density at radius 1 is 0.905 bits per heavy atom. The molecular formula is C32H39Cl2N3O4S. The highest BCUT2D eigenvalue weighted by Crippen LogP contribution is 2.30. The lowest BCUT2D eigenvalue weighted by atomic mass is 10.1. The van der Waals surface area contributed by atoms with Crippen molar-refractivity contribution in [3.63, 3.8) is 0 Å². The van der Waals surface area contributed by atoms with Gasteiger partial charge in [0, 0.05) is 12.6 Å². The van der Waals surface area contributed by atoms with Crippen molar-refractivity contribution in [1.29, 1.82) is 0 Å². The van der Waals surface area contributed by atoms with Crippen LogP contribution in [0, 0.1) is 20.8 Å². The van der Waals surface area contributed by atoms with Crippen LogP contribution in [0.15, 0.2) is 65.6 Å². The number of carbonyl (C=O) groups is 2. The molecule has 226 valence electrons. The zero-order chi connectivity index (χ0) is 31.2. The first kappa shape index (κ1) is 33.4. The summed E-state index contributed by atoms with van der Waals surface area (Å²) >= 11 is 12.4. The molecule has 0 bridgehead atoms. The van der Waals surface area contributed by atoms with Crippen LogP contribution < -0.4 is 9.62 Å². The van der Waals surface area contributed by atoms with Crippen molar-refractivity contribution < 1.29 is 18.0 Å². The zero-order valence-corrected chi connectivity index (χ0v) is 27.3. The SMILES string of the molecule is CC[C@H](C(=O)N[C@@H](C)CC)N(Cc1ccc(Cl)c(Cl)c1)C(=O)CN(c1cccc(C)c1C)S(=O)(=O)c1ccc(C)cc1. The Balaban J connectivity index is 2.12. The maximum Gasteiger partial charge on any atom is 0.264 e. The van der Waals surface area contributed by atoms with Crippen LogP contribution in [-0.4, -0.2) is 43.8 Å². The molecule has 0 radical (unpaired) electrons. The molecule has 3 rings (SSSR count). The van der Waals surface area contributed by atoms with Gasteiger partial charge < -0.3 is 10.2 Å². The molecule has 0 aliphatic heterocycles. The highest BCUT2D eigenvalue weighted by Gasteiger charge is 2.34. The normalized spacial score (nSPS) is 12.9. The monoisotopic (exact) mass is 631 g/mol. The molecule has 3 aromatic rings. The van der Waals surface area contributed by atoms with E-state index < -0.39 is 28.5 Å². The highest BCUT2D eigenvalue weighted by molar-refractivity contribution is 7.92. The Bertz CT molecular complexity index is 1530. The van der Waals surface area contributed by atoms with Gasteiger partial charge in [-0.2, -0.15) is 0 Å². The topological polar surface area (TPSA) is 86.8 Å².